The van der Waals surface area contributed by atoms with Crippen LogP contribution in [0.4, 0.5) is 0 Å². The molecule has 1 aromatic rings. The summed E-state index contributed by atoms with van der Waals surface area (Å²) in [6.45, 7) is 3.97. The van der Waals surface area contributed by atoms with E-state index in [2.05, 4.69) is 17.5 Å². The van der Waals surface area contributed by atoms with Gasteiger partial charge in [-0.05, 0) is 37.6 Å². The zero-order valence-corrected chi connectivity index (χ0v) is 10.5. The lowest BCUT2D eigenvalue weighted by Gasteiger charge is -2.03. The van der Waals surface area contributed by atoms with Gasteiger partial charge in [-0.2, -0.15) is 5.10 Å². The highest BCUT2D eigenvalue weighted by molar-refractivity contribution is 5.95. The average Bonchev–Trinajstić information content (AvgIpc) is 2.36. The second-order valence-electron chi connectivity index (χ2n) is 3.77. The Hall–Kier alpha value is -1.84. The number of hydrazone groups is 1. The number of nitrogens with one attached hydrogen (secondary N) is 1. The Morgan fingerprint density at radius 3 is 2.53 bits per heavy atom. The van der Waals surface area contributed by atoms with E-state index in [4.69, 9.17) is 4.74 Å². The van der Waals surface area contributed by atoms with Crippen LogP contribution in [0.1, 0.15) is 37.0 Å². The smallest absolute Gasteiger partial charge is 0.271 e. The summed E-state index contributed by atoms with van der Waals surface area (Å²) >= 11 is 0. The molecule has 1 aromatic carbocycles. The van der Waals surface area contributed by atoms with E-state index in [1.165, 1.54) is 0 Å². The maximum atomic E-state index is 11.7. The summed E-state index contributed by atoms with van der Waals surface area (Å²) in [6, 6.07) is 6.91. The van der Waals surface area contributed by atoms with Crippen molar-refractivity contribution in [1.82, 2.24) is 5.43 Å². The fraction of sp³-hybridized carbons (Fsp3) is 0.385. The summed E-state index contributed by atoms with van der Waals surface area (Å²) in [5.41, 5.74) is 4.02. The van der Waals surface area contributed by atoms with Gasteiger partial charge < -0.3 is 4.74 Å². The number of nitrogens with zero attached hydrogens (tertiary/aromatic N) is 1. The molecular weight excluding hydrogens is 216 g/mol. The monoisotopic (exact) mass is 234 g/mol. The van der Waals surface area contributed by atoms with Crippen LogP contribution in [0.25, 0.3) is 0 Å². The van der Waals surface area contributed by atoms with Crippen molar-refractivity contribution in [2.45, 2.75) is 26.7 Å². The number of hydrogen-bond acceptors (Lipinski definition) is 3. The van der Waals surface area contributed by atoms with Crippen LogP contribution < -0.4 is 10.2 Å². The van der Waals surface area contributed by atoms with E-state index in [9.17, 15) is 4.79 Å². The van der Waals surface area contributed by atoms with Gasteiger partial charge in [-0.3, -0.25) is 4.79 Å². The molecule has 0 aliphatic rings. The van der Waals surface area contributed by atoms with Crippen LogP contribution >= 0.6 is 0 Å². The lowest BCUT2D eigenvalue weighted by atomic mass is 10.2. The maximum Gasteiger partial charge on any atom is 0.271 e. The average molecular weight is 234 g/mol. The van der Waals surface area contributed by atoms with Crippen LogP contribution in [-0.2, 0) is 0 Å². The van der Waals surface area contributed by atoms with Gasteiger partial charge >= 0.3 is 0 Å². The molecule has 0 fully saturated rings. The number of carbonyl (C=O) groups excluding carboxylic acids is 1. The van der Waals surface area contributed by atoms with Crippen molar-refractivity contribution in [2.75, 3.05) is 7.11 Å². The number of carbonyl (C=O) groups is 1. The molecule has 0 unspecified atom stereocenters. The van der Waals surface area contributed by atoms with Gasteiger partial charge in [0.15, 0.2) is 0 Å². The second kappa shape index (κ2) is 6.68. The van der Waals surface area contributed by atoms with Gasteiger partial charge in [0.25, 0.3) is 5.91 Å². The zero-order chi connectivity index (χ0) is 12.7. The molecule has 4 heteroatoms. The predicted molar refractivity (Wildman–Crippen MR) is 68.5 cm³/mol. The molecule has 4 nitrogen and oxygen atoms in total. The normalized spacial score (nSPS) is 11.1. The van der Waals surface area contributed by atoms with E-state index in [1.54, 1.807) is 31.4 Å². The van der Waals surface area contributed by atoms with E-state index in [0.717, 1.165) is 24.3 Å². The zero-order valence-electron chi connectivity index (χ0n) is 10.5. The van der Waals surface area contributed by atoms with Crippen molar-refractivity contribution in [3.63, 3.8) is 0 Å². The summed E-state index contributed by atoms with van der Waals surface area (Å²) < 4.78 is 5.02. The van der Waals surface area contributed by atoms with E-state index in [-0.39, 0.29) is 5.91 Å². The van der Waals surface area contributed by atoms with Gasteiger partial charge in [0.2, 0.25) is 0 Å². The molecule has 0 saturated carbocycles. The van der Waals surface area contributed by atoms with Crippen LogP contribution in [0.2, 0.25) is 0 Å². The van der Waals surface area contributed by atoms with Gasteiger partial charge in [0.1, 0.15) is 5.75 Å². The molecule has 0 bridgehead atoms. The molecule has 0 radical (unpaired) electrons. The van der Waals surface area contributed by atoms with Crippen molar-refractivity contribution >= 4 is 11.6 Å². The summed E-state index contributed by atoms with van der Waals surface area (Å²) in [5.74, 6) is 0.523. The Labute approximate surface area is 102 Å². The molecule has 92 valence electrons. The number of benzene rings is 1. The number of ether oxygens (including phenoxy) is 1. The van der Waals surface area contributed by atoms with Gasteiger partial charge in [-0.15, -0.1) is 0 Å². The minimum atomic E-state index is -0.205. The quantitative estimate of drug-likeness (QED) is 0.629. The van der Waals surface area contributed by atoms with Crippen LogP contribution in [0, 0.1) is 0 Å². The number of methoxy groups -OCH3 is 1. The molecule has 0 aliphatic carbocycles. The van der Waals surface area contributed by atoms with Crippen LogP contribution in [0.3, 0.4) is 0 Å². The largest absolute Gasteiger partial charge is 0.497 e. The molecule has 1 amide bonds. The Morgan fingerprint density at radius 2 is 2.00 bits per heavy atom. The van der Waals surface area contributed by atoms with Crippen molar-refractivity contribution < 1.29 is 9.53 Å². The first kappa shape index (κ1) is 13.2. The summed E-state index contributed by atoms with van der Waals surface area (Å²) in [4.78, 5) is 11.7. The first-order valence-corrected chi connectivity index (χ1v) is 5.65. The Bertz CT molecular complexity index is 396. The third-order valence-electron chi connectivity index (χ3n) is 2.31. The van der Waals surface area contributed by atoms with E-state index >= 15 is 0 Å². The first-order chi connectivity index (χ1) is 8.17. The highest BCUT2D eigenvalue weighted by Gasteiger charge is 2.04. The van der Waals surface area contributed by atoms with Gasteiger partial charge in [0.05, 0.1) is 7.11 Å². The third-order valence-corrected chi connectivity index (χ3v) is 2.31. The Morgan fingerprint density at radius 1 is 1.35 bits per heavy atom. The van der Waals surface area contributed by atoms with Crippen LogP contribution in [-0.4, -0.2) is 18.7 Å². The van der Waals surface area contributed by atoms with Crippen LogP contribution in [0.5, 0.6) is 5.75 Å². The van der Waals surface area contributed by atoms with E-state index in [0.29, 0.717) is 5.56 Å². The predicted octanol–water partition coefficient (Wildman–Crippen LogP) is 2.60. The highest BCUT2D eigenvalue weighted by atomic mass is 16.5. The Balaban J connectivity index is 2.60. The molecule has 0 aromatic heterocycles. The molecular formula is C13H18N2O2. The molecule has 0 aliphatic heterocycles. The summed E-state index contributed by atoms with van der Waals surface area (Å²) in [7, 11) is 1.59. The number of rotatable bonds is 5. The molecule has 0 saturated heterocycles. The van der Waals surface area contributed by atoms with Crippen molar-refractivity contribution in [1.29, 1.82) is 0 Å². The van der Waals surface area contributed by atoms with Crippen molar-refractivity contribution in [2.24, 2.45) is 5.10 Å². The lowest BCUT2D eigenvalue weighted by molar-refractivity contribution is 0.0954. The number of amides is 1. The SMILES string of the molecule is CCC/C(C)=N\NC(=O)c1ccc(OC)cc1. The van der Waals surface area contributed by atoms with Crippen molar-refractivity contribution in [3.05, 3.63) is 29.8 Å². The topological polar surface area (TPSA) is 50.7 Å². The molecule has 1 N–H and O–H groups in total. The highest BCUT2D eigenvalue weighted by Crippen LogP contribution is 2.10. The lowest BCUT2D eigenvalue weighted by Crippen LogP contribution is -2.18. The minimum Gasteiger partial charge on any atom is -0.497 e. The van der Waals surface area contributed by atoms with Crippen molar-refractivity contribution in [3.8, 4) is 5.75 Å². The van der Waals surface area contributed by atoms with Crippen LogP contribution in [0.15, 0.2) is 29.4 Å². The van der Waals surface area contributed by atoms with Gasteiger partial charge in [-0.1, -0.05) is 13.3 Å². The first-order valence-electron chi connectivity index (χ1n) is 5.65. The minimum absolute atomic E-state index is 0.205. The third kappa shape index (κ3) is 4.26. The Kier molecular flexibility index (Phi) is 5.20. The fourth-order valence-corrected chi connectivity index (χ4v) is 1.37. The molecule has 0 heterocycles. The summed E-state index contributed by atoms with van der Waals surface area (Å²) in [6.07, 6.45) is 1.91. The second-order valence-corrected chi connectivity index (χ2v) is 3.77. The molecule has 0 spiro atoms. The molecule has 0 atom stereocenters. The van der Waals surface area contributed by atoms with Gasteiger partial charge in [0, 0.05) is 11.3 Å². The maximum absolute atomic E-state index is 11.7. The van der Waals surface area contributed by atoms with E-state index in [1.807, 2.05) is 6.92 Å². The fourth-order valence-electron chi connectivity index (χ4n) is 1.37. The molecule has 17 heavy (non-hydrogen) atoms. The number of hydrogen-bond donors (Lipinski definition) is 1. The molecule has 1 rings (SSSR count). The van der Waals surface area contributed by atoms with Gasteiger partial charge in [-0.25, -0.2) is 5.43 Å². The standard InChI is InChI=1S/C13H18N2O2/c1-4-5-10(2)14-15-13(16)11-6-8-12(17-3)9-7-11/h6-9H,4-5H2,1-3H3,(H,15,16)/b14-10-. The summed E-state index contributed by atoms with van der Waals surface area (Å²) in [5, 5.41) is 4.02. The van der Waals surface area contributed by atoms with E-state index < -0.39 is 0 Å².